The van der Waals surface area contributed by atoms with Crippen molar-refractivity contribution < 1.29 is 4.42 Å². The van der Waals surface area contributed by atoms with Crippen LogP contribution in [0.4, 0.5) is 5.69 Å². The van der Waals surface area contributed by atoms with E-state index in [4.69, 9.17) is 27.6 Å². The molecule has 1 saturated heterocycles. The molecule has 2 aromatic heterocycles. The van der Waals surface area contributed by atoms with E-state index in [0.29, 0.717) is 10.0 Å². The molecule has 1 aliphatic rings. The number of rotatable bonds is 4. The van der Waals surface area contributed by atoms with Crippen molar-refractivity contribution in [3.63, 3.8) is 0 Å². The van der Waals surface area contributed by atoms with Crippen molar-refractivity contribution in [3.05, 3.63) is 46.6 Å². The molecule has 0 aliphatic carbocycles. The molecule has 21 heavy (non-hydrogen) atoms. The molecule has 0 N–H and O–H groups in total. The van der Waals surface area contributed by atoms with Gasteiger partial charge in [0, 0.05) is 51.5 Å². The van der Waals surface area contributed by atoms with Crippen LogP contribution in [0.25, 0.3) is 0 Å². The quantitative estimate of drug-likeness (QED) is 0.863. The highest BCUT2D eigenvalue weighted by molar-refractivity contribution is 6.38. The molecule has 0 spiro atoms. The molecule has 0 bridgehead atoms. The van der Waals surface area contributed by atoms with Crippen molar-refractivity contribution in [1.29, 1.82) is 0 Å². The van der Waals surface area contributed by atoms with Crippen LogP contribution in [0.3, 0.4) is 0 Å². The van der Waals surface area contributed by atoms with E-state index in [1.54, 1.807) is 18.7 Å². The Morgan fingerprint density at radius 3 is 2.43 bits per heavy atom. The lowest BCUT2D eigenvalue weighted by Crippen LogP contribution is -2.47. The van der Waals surface area contributed by atoms with Crippen LogP contribution in [0.5, 0.6) is 0 Å². The number of aromatic nitrogens is 1. The minimum Gasteiger partial charge on any atom is -0.469 e. The van der Waals surface area contributed by atoms with Gasteiger partial charge >= 0.3 is 0 Å². The Kier molecular flexibility index (Phi) is 4.68. The Morgan fingerprint density at radius 1 is 1.10 bits per heavy atom. The second kappa shape index (κ2) is 6.69. The maximum absolute atomic E-state index is 6.21. The van der Waals surface area contributed by atoms with Crippen LogP contribution in [0.1, 0.15) is 5.76 Å². The van der Waals surface area contributed by atoms with Gasteiger partial charge in [-0.1, -0.05) is 23.2 Å². The van der Waals surface area contributed by atoms with Crippen LogP contribution >= 0.6 is 23.2 Å². The summed E-state index contributed by atoms with van der Waals surface area (Å²) in [5, 5.41) is 1.23. The fraction of sp³-hybridized carbons (Fsp3) is 0.400. The summed E-state index contributed by atoms with van der Waals surface area (Å²) in [4.78, 5) is 8.67. The minimum atomic E-state index is 0.617. The van der Waals surface area contributed by atoms with Crippen LogP contribution in [-0.4, -0.2) is 42.6 Å². The van der Waals surface area contributed by atoms with Crippen molar-refractivity contribution in [2.24, 2.45) is 0 Å². The van der Waals surface area contributed by atoms with Gasteiger partial charge in [0.2, 0.25) is 0 Å². The monoisotopic (exact) mass is 325 g/mol. The van der Waals surface area contributed by atoms with E-state index in [1.165, 1.54) is 0 Å². The largest absolute Gasteiger partial charge is 0.469 e. The normalized spacial score (nSPS) is 16.4. The van der Waals surface area contributed by atoms with Gasteiger partial charge in [-0.2, -0.15) is 0 Å². The van der Waals surface area contributed by atoms with Crippen LogP contribution in [0, 0.1) is 0 Å². The number of nitrogens with zero attached hydrogens (tertiary/aromatic N) is 3. The number of pyridine rings is 1. The molecule has 0 radical (unpaired) electrons. The fourth-order valence-corrected chi connectivity index (χ4v) is 3.23. The van der Waals surface area contributed by atoms with Gasteiger partial charge in [-0.05, 0) is 12.1 Å². The summed E-state index contributed by atoms with van der Waals surface area (Å²) in [7, 11) is 0. The Morgan fingerprint density at radius 2 is 1.81 bits per heavy atom. The van der Waals surface area contributed by atoms with Gasteiger partial charge in [0.1, 0.15) is 5.76 Å². The summed E-state index contributed by atoms with van der Waals surface area (Å²) in [6.45, 7) is 4.84. The highest BCUT2D eigenvalue weighted by Crippen LogP contribution is 2.32. The molecular weight excluding hydrogens is 309 g/mol. The number of halogens is 2. The molecule has 3 heterocycles. The highest BCUT2D eigenvalue weighted by Gasteiger charge is 2.21. The van der Waals surface area contributed by atoms with Crippen molar-refractivity contribution in [2.45, 2.75) is 6.42 Å². The average Bonchev–Trinajstić information content (AvgIpc) is 2.99. The molecule has 2 aromatic rings. The molecular formula is C15H17Cl2N3O. The molecule has 0 atom stereocenters. The van der Waals surface area contributed by atoms with Crippen LogP contribution < -0.4 is 4.90 Å². The van der Waals surface area contributed by atoms with Crippen LogP contribution in [0.15, 0.2) is 35.2 Å². The van der Waals surface area contributed by atoms with Crippen molar-refractivity contribution in [3.8, 4) is 0 Å². The van der Waals surface area contributed by atoms with Gasteiger partial charge in [0.15, 0.2) is 0 Å². The van der Waals surface area contributed by atoms with E-state index >= 15 is 0 Å². The van der Waals surface area contributed by atoms with E-state index < -0.39 is 0 Å². The fourth-order valence-electron chi connectivity index (χ4n) is 2.62. The lowest BCUT2D eigenvalue weighted by molar-refractivity contribution is 0.255. The standard InChI is InChI=1S/C15H17Cl2N3O/c16-13-10-18-11-14(17)15(13)20-7-5-19(6-8-20)4-3-12-2-1-9-21-12/h1-2,9-11H,3-8H2. The first-order valence-corrected chi connectivity index (χ1v) is 7.78. The number of hydrogen-bond donors (Lipinski definition) is 0. The number of piperazine rings is 1. The second-order valence-corrected chi connectivity index (χ2v) is 5.92. The predicted octanol–water partition coefficient (Wildman–Crippen LogP) is 3.35. The third kappa shape index (κ3) is 3.51. The van der Waals surface area contributed by atoms with Gasteiger partial charge in [-0.3, -0.25) is 9.88 Å². The molecule has 4 nitrogen and oxygen atoms in total. The van der Waals surface area contributed by atoms with Gasteiger partial charge in [-0.15, -0.1) is 0 Å². The molecule has 0 unspecified atom stereocenters. The second-order valence-electron chi connectivity index (χ2n) is 5.11. The minimum absolute atomic E-state index is 0.617. The Balaban J connectivity index is 1.55. The Bertz CT molecular complexity index is 560. The van der Waals surface area contributed by atoms with Crippen LogP contribution in [-0.2, 0) is 6.42 Å². The van der Waals surface area contributed by atoms with E-state index in [1.807, 2.05) is 12.1 Å². The summed E-state index contributed by atoms with van der Waals surface area (Å²) >= 11 is 12.4. The first kappa shape index (κ1) is 14.7. The summed E-state index contributed by atoms with van der Waals surface area (Å²) < 4.78 is 5.37. The van der Waals surface area contributed by atoms with Gasteiger partial charge in [-0.25, -0.2) is 0 Å². The lowest BCUT2D eigenvalue weighted by atomic mass is 10.2. The first-order valence-electron chi connectivity index (χ1n) is 7.03. The number of hydrogen-bond acceptors (Lipinski definition) is 4. The summed E-state index contributed by atoms with van der Waals surface area (Å²) in [6, 6.07) is 3.95. The SMILES string of the molecule is Clc1cncc(Cl)c1N1CCN(CCc2ccco2)CC1. The summed E-state index contributed by atoms with van der Waals surface area (Å²) in [6.07, 6.45) is 5.96. The molecule has 0 saturated carbocycles. The number of anilines is 1. The van der Waals surface area contributed by atoms with E-state index in [0.717, 1.165) is 50.6 Å². The zero-order valence-electron chi connectivity index (χ0n) is 11.6. The third-order valence-electron chi connectivity index (χ3n) is 3.77. The molecule has 0 aromatic carbocycles. The van der Waals surface area contributed by atoms with Crippen molar-refractivity contribution in [1.82, 2.24) is 9.88 Å². The molecule has 3 rings (SSSR count). The highest BCUT2D eigenvalue weighted by atomic mass is 35.5. The number of furan rings is 1. The zero-order chi connectivity index (χ0) is 14.7. The lowest BCUT2D eigenvalue weighted by Gasteiger charge is -2.36. The van der Waals surface area contributed by atoms with E-state index in [2.05, 4.69) is 14.8 Å². The molecule has 6 heteroatoms. The maximum atomic E-state index is 6.21. The zero-order valence-corrected chi connectivity index (χ0v) is 13.1. The van der Waals surface area contributed by atoms with E-state index in [-0.39, 0.29) is 0 Å². The van der Waals surface area contributed by atoms with Crippen LogP contribution in [0.2, 0.25) is 10.0 Å². The van der Waals surface area contributed by atoms with Gasteiger partial charge in [0.25, 0.3) is 0 Å². The average molecular weight is 326 g/mol. The first-order chi connectivity index (χ1) is 10.2. The smallest absolute Gasteiger partial charge is 0.105 e. The maximum Gasteiger partial charge on any atom is 0.105 e. The third-order valence-corrected chi connectivity index (χ3v) is 4.32. The van der Waals surface area contributed by atoms with Gasteiger partial charge < -0.3 is 9.32 Å². The molecule has 112 valence electrons. The topological polar surface area (TPSA) is 32.5 Å². The molecule has 1 aliphatic heterocycles. The van der Waals surface area contributed by atoms with Crippen molar-refractivity contribution in [2.75, 3.05) is 37.6 Å². The predicted molar refractivity (Wildman–Crippen MR) is 85.3 cm³/mol. The molecule has 1 fully saturated rings. The van der Waals surface area contributed by atoms with E-state index in [9.17, 15) is 0 Å². The Labute approximate surface area is 134 Å². The summed E-state index contributed by atoms with van der Waals surface area (Å²) in [5.74, 6) is 1.04. The van der Waals surface area contributed by atoms with Gasteiger partial charge in [0.05, 0.1) is 22.0 Å². The molecule has 0 amide bonds. The summed E-state index contributed by atoms with van der Waals surface area (Å²) in [5.41, 5.74) is 0.902. The Hall–Kier alpha value is -1.23. The van der Waals surface area contributed by atoms with Crippen molar-refractivity contribution >= 4 is 28.9 Å².